The van der Waals surface area contributed by atoms with E-state index in [0.29, 0.717) is 4.90 Å². The summed E-state index contributed by atoms with van der Waals surface area (Å²) < 4.78 is 88.5. The molecule has 8 nitrogen and oxygen atoms in total. The zero-order valence-electron chi connectivity index (χ0n) is 24.6. The van der Waals surface area contributed by atoms with Gasteiger partial charge in [-0.05, 0) is 31.5 Å². The molecule has 2 aromatic heterocycles. The predicted molar refractivity (Wildman–Crippen MR) is 110 cm³/mol. The number of nitrogens with zero attached hydrogens (tertiary/aromatic N) is 5. The lowest BCUT2D eigenvalue weighted by atomic mass is 10.0. The van der Waals surface area contributed by atoms with Gasteiger partial charge in [-0.1, -0.05) is 6.07 Å². The molecular weight excluding hydrogens is 399 g/mol. The van der Waals surface area contributed by atoms with Crippen LogP contribution in [0.15, 0.2) is 36.5 Å². The number of halogens is 1. The number of hydrogen-bond donors (Lipinski definition) is 2. The molecule has 2 aliphatic heterocycles. The maximum absolute atomic E-state index is 14.9. The van der Waals surface area contributed by atoms with Crippen LogP contribution in [0.2, 0.25) is 0 Å². The molecule has 1 aromatic carbocycles. The van der Waals surface area contributed by atoms with Crippen molar-refractivity contribution < 1.29 is 26.6 Å². The number of hydrogen-bond acceptors (Lipinski definition) is 6. The smallest absolute Gasteiger partial charge is 0.255 e. The van der Waals surface area contributed by atoms with Crippen LogP contribution in [0.25, 0.3) is 16.9 Å². The van der Waals surface area contributed by atoms with Crippen molar-refractivity contribution in [2.75, 3.05) is 17.9 Å². The minimum absolute atomic E-state index is 0.125. The van der Waals surface area contributed by atoms with Crippen molar-refractivity contribution in [1.82, 2.24) is 20.1 Å². The highest BCUT2D eigenvalue weighted by atomic mass is 19.1. The molecule has 2 N–H and O–H groups in total. The van der Waals surface area contributed by atoms with Crippen LogP contribution in [0.3, 0.4) is 0 Å². The van der Waals surface area contributed by atoms with Crippen LogP contribution in [-0.2, 0) is 6.50 Å². The quantitative estimate of drug-likeness (QED) is 0.663. The second-order valence-electron chi connectivity index (χ2n) is 6.86. The predicted octanol–water partition coefficient (Wildman–Crippen LogP) is 2.15. The number of carbonyl (C=O) groups excluding carboxylic acids is 1. The first-order valence-electron chi connectivity index (χ1n) is 13.5. The van der Waals surface area contributed by atoms with Crippen molar-refractivity contribution in [1.29, 1.82) is 5.26 Å². The number of benzene rings is 1. The molecule has 0 unspecified atom stereocenters. The zero-order valence-corrected chi connectivity index (χ0v) is 15.6. The number of anilines is 1. The van der Waals surface area contributed by atoms with Crippen LogP contribution >= 0.6 is 0 Å². The van der Waals surface area contributed by atoms with Gasteiger partial charge in [0.1, 0.15) is 5.82 Å². The Bertz CT molecular complexity index is 1620. The first-order chi connectivity index (χ1) is 18.4. The van der Waals surface area contributed by atoms with Crippen molar-refractivity contribution in [3.8, 4) is 23.0 Å². The minimum Gasteiger partial charge on any atom is -0.388 e. The number of fused-ring (bicyclic) bond motifs is 1. The number of rotatable bonds is 3. The van der Waals surface area contributed by atoms with Gasteiger partial charge in [0.25, 0.3) is 5.91 Å². The summed E-state index contributed by atoms with van der Waals surface area (Å²) in [7, 11) is 0. The topological polar surface area (TPSA) is 107 Å². The lowest BCUT2D eigenvalue weighted by Gasteiger charge is -2.18. The molecule has 4 heterocycles. The Morgan fingerprint density at radius 3 is 3.06 bits per heavy atom. The number of pyridine rings is 1. The summed E-state index contributed by atoms with van der Waals surface area (Å²) in [5, 5.41) is 26.5. The van der Waals surface area contributed by atoms with E-state index in [1.54, 1.807) is 0 Å². The van der Waals surface area contributed by atoms with Gasteiger partial charge in [0.05, 0.1) is 57.4 Å². The molecule has 1 fully saturated rings. The summed E-state index contributed by atoms with van der Waals surface area (Å²) in [5.74, 6) is -2.20. The van der Waals surface area contributed by atoms with Crippen LogP contribution in [0, 0.1) is 17.1 Å². The van der Waals surface area contributed by atoms with Crippen molar-refractivity contribution in [2.45, 2.75) is 25.4 Å². The monoisotopic (exact) mass is 427 g/mol. The Balaban J connectivity index is 1.72. The Morgan fingerprint density at radius 2 is 2.29 bits per heavy atom. The highest BCUT2D eigenvalue weighted by Gasteiger charge is 2.33. The molecule has 31 heavy (non-hydrogen) atoms. The molecule has 0 spiro atoms. The second-order valence-corrected chi connectivity index (χ2v) is 6.86. The first-order valence-corrected chi connectivity index (χ1v) is 9.01. The highest BCUT2D eigenvalue weighted by molar-refractivity contribution is 6.01. The van der Waals surface area contributed by atoms with E-state index in [1.165, 1.54) is 24.4 Å². The summed E-state index contributed by atoms with van der Waals surface area (Å²) in [5.41, 5.74) is -4.62. The van der Waals surface area contributed by atoms with Crippen LogP contribution in [-0.4, -0.2) is 44.4 Å². The first kappa shape index (κ1) is 11.6. The minimum atomic E-state index is -3.30. The molecule has 9 heteroatoms. The summed E-state index contributed by atoms with van der Waals surface area (Å²) in [6.07, 6.45) is 0.0549. The number of aromatic nitrogens is 3. The lowest BCUT2D eigenvalue weighted by Crippen LogP contribution is -2.29. The Labute approximate surface area is 190 Å². The number of nitriles is 1. The lowest BCUT2D eigenvalue weighted by molar-refractivity contribution is 0.0838. The van der Waals surface area contributed by atoms with Gasteiger partial charge < -0.3 is 15.3 Å². The van der Waals surface area contributed by atoms with E-state index in [-0.39, 0.29) is 28.1 Å². The summed E-state index contributed by atoms with van der Waals surface area (Å²) in [4.78, 5) is 17.3. The number of aliphatic hydroxyl groups is 1. The molecule has 1 amide bonds. The van der Waals surface area contributed by atoms with Gasteiger partial charge >= 0.3 is 0 Å². The third-order valence-corrected chi connectivity index (χ3v) is 4.75. The second kappa shape index (κ2) is 6.89. The zero-order chi connectivity index (χ0) is 29.6. The van der Waals surface area contributed by atoms with E-state index in [9.17, 15) is 19.6 Å². The van der Waals surface area contributed by atoms with E-state index in [0.717, 1.165) is 16.8 Å². The summed E-state index contributed by atoms with van der Waals surface area (Å²) in [6.45, 7) is -11.7. The molecule has 0 saturated carbocycles. The standard InChI is InChI=1S/C22H19FN6O2/c1-22(31)6-8-28(12-22)18-5-7-29(27-18)17-9-15(26-16-11-25-21(30)20(16)17)19-13(10-24)3-2-4-14(19)23/h2-5,7,9,31H,6,8,11-12H2,1H3,(H,25,30)/t22-/m1/s1/i1D3,8D2,11D2,12D2. The number of β-amino-alcohol motifs (C(OH)–C–C–N with tert-alkyl or cyclic N) is 1. The number of nitrogens with one attached hydrogen (secondary N) is 1. The molecule has 1 atom stereocenters. The fraction of sp³-hybridized carbons (Fsp3) is 0.273. The average Bonchev–Trinajstić information content (AvgIpc) is 3.42. The van der Waals surface area contributed by atoms with Gasteiger partial charge in [0.15, 0.2) is 5.82 Å². The number of carbonyl (C=O) groups is 1. The molecule has 5 rings (SSSR count). The SMILES string of the molecule is [2H]C1([2H])NC(=O)c2c(-n3ccc(N4C([2H])([2H])C[C@](O)(C([2H])([2H])[2H])C4([2H])[2H])n3)cc(-c3c(F)cccc3C#N)nc21. The highest BCUT2D eigenvalue weighted by Crippen LogP contribution is 2.32. The van der Waals surface area contributed by atoms with Gasteiger partial charge in [-0.15, -0.1) is 0 Å². The molecule has 156 valence electrons. The van der Waals surface area contributed by atoms with Crippen LogP contribution in [0.5, 0.6) is 0 Å². The Kier molecular flexibility index (Phi) is 2.57. The third-order valence-electron chi connectivity index (χ3n) is 4.75. The van der Waals surface area contributed by atoms with Gasteiger partial charge in [0, 0.05) is 32.1 Å². The van der Waals surface area contributed by atoms with E-state index in [4.69, 9.17) is 12.3 Å². The van der Waals surface area contributed by atoms with Crippen molar-refractivity contribution in [3.63, 3.8) is 0 Å². The fourth-order valence-electron chi connectivity index (χ4n) is 3.37. The van der Waals surface area contributed by atoms with Crippen molar-refractivity contribution >= 4 is 11.7 Å². The van der Waals surface area contributed by atoms with E-state index >= 15 is 0 Å². The van der Waals surface area contributed by atoms with E-state index < -0.39 is 61.6 Å². The maximum atomic E-state index is 14.9. The molecular formula is C22H19FN6O2. The van der Waals surface area contributed by atoms with Crippen molar-refractivity contribution in [3.05, 3.63) is 59.2 Å². The van der Waals surface area contributed by atoms with Gasteiger partial charge in [-0.3, -0.25) is 4.79 Å². The van der Waals surface area contributed by atoms with Gasteiger partial charge in [-0.2, -0.15) is 10.4 Å². The van der Waals surface area contributed by atoms with E-state index in [2.05, 4.69) is 15.4 Å². The number of amides is 1. The van der Waals surface area contributed by atoms with Gasteiger partial charge in [0.2, 0.25) is 0 Å². The van der Waals surface area contributed by atoms with Crippen LogP contribution in [0.1, 0.15) is 47.2 Å². The molecule has 2 aliphatic rings. The molecule has 1 saturated heterocycles. The normalized spacial score (nSPS) is 29.5. The summed E-state index contributed by atoms with van der Waals surface area (Å²) >= 11 is 0. The third kappa shape index (κ3) is 3.21. The molecule has 0 radical (unpaired) electrons. The van der Waals surface area contributed by atoms with Crippen LogP contribution in [0.4, 0.5) is 10.2 Å². The molecule has 0 bridgehead atoms. The van der Waals surface area contributed by atoms with Crippen molar-refractivity contribution in [2.24, 2.45) is 0 Å². The molecule has 0 aliphatic carbocycles. The fourth-order valence-corrected chi connectivity index (χ4v) is 3.37. The average molecular weight is 427 g/mol. The maximum Gasteiger partial charge on any atom is 0.255 e. The largest absolute Gasteiger partial charge is 0.388 e. The Morgan fingerprint density at radius 1 is 1.42 bits per heavy atom. The van der Waals surface area contributed by atoms with Gasteiger partial charge in [-0.25, -0.2) is 14.1 Å². The van der Waals surface area contributed by atoms with E-state index in [1.807, 2.05) is 6.07 Å². The molecule has 3 aromatic rings. The summed E-state index contributed by atoms with van der Waals surface area (Å²) in [6, 6.07) is 7.80. The Hall–Kier alpha value is -3.77. The van der Waals surface area contributed by atoms with Crippen LogP contribution < -0.4 is 10.2 Å².